The summed E-state index contributed by atoms with van der Waals surface area (Å²) in [6.45, 7) is 1.12. The molecule has 6 heteroatoms. The number of aliphatic carboxylic acids is 1. The van der Waals surface area contributed by atoms with Gasteiger partial charge in [-0.15, -0.1) is 0 Å². The third-order valence-electron chi connectivity index (χ3n) is 5.34. The number of amides is 1. The van der Waals surface area contributed by atoms with Crippen LogP contribution in [0.15, 0.2) is 24.3 Å². The second-order valence-electron chi connectivity index (χ2n) is 6.99. The number of nitrogens with zero attached hydrogens (tertiary/aromatic N) is 1. The monoisotopic (exact) mass is 349 g/mol. The SMILES string of the molecule is O=C(O)CC1CN(C(=O)C2(c3ccc(F)cc3)CCCCC2)CCO1. The van der Waals surface area contributed by atoms with E-state index in [0.717, 1.165) is 37.7 Å². The lowest BCUT2D eigenvalue weighted by Gasteiger charge is -2.42. The van der Waals surface area contributed by atoms with Gasteiger partial charge in [0.25, 0.3) is 0 Å². The molecular weight excluding hydrogens is 325 g/mol. The lowest BCUT2D eigenvalue weighted by atomic mass is 9.68. The number of carbonyl (C=O) groups is 2. The topological polar surface area (TPSA) is 66.8 Å². The summed E-state index contributed by atoms with van der Waals surface area (Å²) in [5.74, 6) is -1.21. The standard InChI is InChI=1S/C19H24FNO4/c20-15-6-4-14(5-7-15)19(8-2-1-3-9-19)18(24)21-10-11-25-16(13-21)12-17(22)23/h4-7,16H,1-3,8-13H2,(H,22,23). The Bertz CT molecular complexity index is 625. The van der Waals surface area contributed by atoms with Crippen molar-refractivity contribution in [1.29, 1.82) is 0 Å². The first-order chi connectivity index (χ1) is 12.0. The molecule has 1 amide bonds. The van der Waals surface area contributed by atoms with Crippen molar-refractivity contribution in [2.45, 2.75) is 50.0 Å². The number of halogens is 1. The highest BCUT2D eigenvalue weighted by Gasteiger charge is 2.44. The van der Waals surface area contributed by atoms with Crippen molar-refractivity contribution in [3.8, 4) is 0 Å². The van der Waals surface area contributed by atoms with Crippen LogP contribution in [-0.4, -0.2) is 47.7 Å². The Morgan fingerprint density at radius 2 is 1.88 bits per heavy atom. The maximum atomic E-state index is 13.4. The Labute approximate surface area is 146 Å². The van der Waals surface area contributed by atoms with Gasteiger partial charge in [-0.1, -0.05) is 31.4 Å². The highest BCUT2D eigenvalue weighted by molar-refractivity contribution is 5.88. The minimum absolute atomic E-state index is 0.0255. The fourth-order valence-corrected chi connectivity index (χ4v) is 4.07. The first-order valence-electron chi connectivity index (χ1n) is 8.90. The Hall–Kier alpha value is -1.95. The van der Waals surface area contributed by atoms with Crippen molar-refractivity contribution in [1.82, 2.24) is 4.90 Å². The largest absolute Gasteiger partial charge is 0.481 e. The van der Waals surface area contributed by atoms with Crippen molar-refractivity contribution >= 4 is 11.9 Å². The second-order valence-corrected chi connectivity index (χ2v) is 6.99. The quantitative estimate of drug-likeness (QED) is 0.908. The number of rotatable bonds is 4. The van der Waals surface area contributed by atoms with Gasteiger partial charge in [0.05, 0.1) is 24.5 Å². The molecule has 1 aromatic rings. The summed E-state index contributed by atoms with van der Waals surface area (Å²) < 4.78 is 18.8. The Morgan fingerprint density at radius 3 is 2.52 bits per heavy atom. The lowest BCUT2D eigenvalue weighted by molar-refractivity contribution is -0.151. The van der Waals surface area contributed by atoms with Gasteiger partial charge in [-0.3, -0.25) is 9.59 Å². The molecule has 1 saturated carbocycles. The van der Waals surface area contributed by atoms with Gasteiger partial charge in [0.15, 0.2) is 0 Å². The molecule has 1 aromatic carbocycles. The molecule has 5 nitrogen and oxygen atoms in total. The molecular formula is C19H24FNO4. The van der Waals surface area contributed by atoms with Gasteiger partial charge in [0, 0.05) is 13.1 Å². The first kappa shape index (κ1) is 17.9. The minimum atomic E-state index is -0.926. The molecule has 0 radical (unpaired) electrons. The molecule has 2 aliphatic rings. The molecule has 1 N–H and O–H groups in total. The summed E-state index contributed by atoms with van der Waals surface area (Å²) >= 11 is 0. The number of carbonyl (C=O) groups excluding carboxylic acids is 1. The van der Waals surface area contributed by atoms with E-state index in [1.165, 1.54) is 12.1 Å². The minimum Gasteiger partial charge on any atom is -0.481 e. The van der Waals surface area contributed by atoms with Crippen LogP contribution >= 0.6 is 0 Å². The van der Waals surface area contributed by atoms with Crippen LogP contribution in [-0.2, 0) is 19.7 Å². The van der Waals surface area contributed by atoms with Crippen LogP contribution in [0.3, 0.4) is 0 Å². The van der Waals surface area contributed by atoms with E-state index in [2.05, 4.69) is 0 Å². The number of ether oxygens (including phenoxy) is 1. The van der Waals surface area contributed by atoms with Crippen LogP contribution in [0.4, 0.5) is 4.39 Å². The normalized spacial score (nSPS) is 23.2. The molecule has 0 bridgehead atoms. The molecule has 1 atom stereocenters. The summed E-state index contributed by atoms with van der Waals surface area (Å²) in [6.07, 6.45) is 3.95. The van der Waals surface area contributed by atoms with E-state index in [1.54, 1.807) is 17.0 Å². The molecule has 1 aliphatic heterocycles. The van der Waals surface area contributed by atoms with E-state index >= 15 is 0 Å². The molecule has 1 aliphatic carbocycles. The Balaban J connectivity index is 1.84. The van der Waals surface area contributed by atoms with Gasteiger partial charge in [-0.25, -0.2) is 4.39 Å². The maximum absolute atomic E-state index is 13.4. The predicted molar refractivity (Wildman–Crippen MR) is 89.7 cm³/mol. The van der Waals surface area contributed by atoms with Gasteiger partial charge in [-0.05, 0) is 30.5 Å². The van der Waals surface area contributed by atoms with E-state index in [4.69, 9.17) is 9.84 Å². The highest BCUT2D eigenvalue weighted by atomic mass is 19.1. The van der Waals surface area contributed by atoms with Crippen LogP contribution in [0.25, 0.3) is 0 Å². The fourth-order valence-electron chi connectivity index (χ4n) is 4.07. The molecule has 1 unspecified atom stereocenters. The van der Waals surface area contributed by atoms with Gasteiger partial charge in [0.1, 0.15) is 5.82 Å². The van der Waals surface area contributed by atoms with Gasteiger partial charge >= 0.3 is 5.97 Å². The summed E-state index contributed by atoms with van der Waals surface area (Å²) in [4.78, 5) is 26.1. The van der Waals surface area contributed by atoms with Crippen molar-refractivity contribution < 1.29 is 23.8 Å². The average molecular weight is 349 g/mol. The Kier molecular flexibility index (Phi) is 5.37. The number of morpholine rings is 1. The molecule has 2 fully saturated rings. The van der Waals surface area contributed by atoms with E-state index < -0.39 is 17.5 Å². The zero-order valence-electron chi connectivity index (χ0n) is 14.2. The second kappa shape index (κ2) is 7.52. The molecule has 136 valence electrons. The average Bonchev–Trinajstić information content (AvgIpc) is 2.62. The lowest BCUT2D eigenvalue weighted by Crippen LogP contribution is -2.54. The third-order valence-corrected chi connectivity index (χ3v) is 5.34. The van der Waals surface area contributed by atoms with Gasteiger partial charge in [0.2, 0.25) is 5.91 Å². The van der Waals surface area contributed by atoms with Crippen molar-refractivity contribution in [2.75, 3.05) is 19.7 Å². The first-order valence-corrected chi connectivity index (χ1v) is 8.90. The van der Waals surface area contributed by atoms with E-state index in [1.807, 2.05) is 0 Å². The number of carboxylic acid groups (broad SMARTS) is 1. The van der Waals surface area contributed by atoms with Crippen molar-refractivity contribution in [3.63, 3.8) is 0 Å². The summed E-state index contributed by atoms with van der Waals surface area (Å²) in [5, 5.41) is 8.98. The van der Waals surface area contributed by atoms with E-state index in [0.29, 0.717) is 19.7 Å². The van der Waals surface area contributed by atoms with E-state index in [-0.39, 0.29) is 18.1 Å². The summed E-state index contributed by atoms with van der Waals surface area (Å²) in [6, 6.07) is 6.25. The number of hydrogen-bond donors (Lipinski definition) is 1. The number of hydrogen-bond acceptors (Lipinski definition) is 3. The molecule has 1 saturated heterocycles. The summed E-state index contributed by atoms with van der Waals surface area (Å²) in [7, 11) is 0. The molecule has 3 rings (SSSR count). The van der Waals surface area contributed by atoms with Crippen LogP contribution in [0.1, 0.15) is 44.1 Å². The molecule has 0 spiro atoms. The van der Waals surface area contributed by atoms with Crippen molar-refractivity contribution in [2.24, 2.45) is 0 Å². The van der Waals surface area contributed by atoms with Gasteiger partial charge < -0.3 is 14.7 Å². The zero-order valence-corrected chi connectivity index (χ0v) is 14.2. The maximum Gasteiger partial charge on any atom is 0.306 e. The number of carboxylic acids is 1. The van der Waals surface area contributed by atoms with Crippen LogP contribution in [0.5, 0.6) is 0 Å². The number of benzene rings is 1. The molecule has 1 heterocycles. The Morgan fingerprint density at radius 1 is 1.20 bits per heavy atom. The third kappa shape index (κ3) is 3.84. The summed E-state index contributed by atoms with van der Waals surface area (Å²) in [5.41, 5.74) is 0.233. The van der Waals surface area contributed by atoms with E-state index in [9.17, 15) is 14.0 Å². The smallest absolute Gasteiger partial charge is 0.306 e. The molecule has 25 heavy (non-hydrogen) atoms. The zero-order chi connectivity index (χ0) is 17.9. The highest BCUT2D eigenvalue weighted by Crippen LogP contribution is 2.41. The fraction of sp³-hybridized carbons (Fsp3) is 0.579. The van der Waals surface area contributed by atoms with Gasteiger partial charge in [-0.2, -0.15) is 0 Å². The van der Waals surface area contributed by atoms with Crippen LogP contribution in [0.2, 0.25) is 0 Å². The predicted octanol–water partition coefficient (Wildman–Crippen LogP) is 2.73. The van der Waals surface area contributed by atoms with Crippen LogP contribution in [0, 0.1) is 5.82 Å². The molecule has 0 aromatic heterocycles. The van der Waals surface area contributed by atoms with Crippen molar-refractivity contribution in [3.05, 3.63) is 35.6 Å². The van der Waals surface area contributed by atoms with Crippen LogP contribution < -0.4 is 0 Å².